The predicted octanol–water partition coefficient (Wildman–Crippen LogP) is 3.84. The minimum atomic E-state index is -0.406. The van der Waals surface area contributed by atoms with Crippen LogP contribution in [0.25, 0.3) is 17.0 Å². The van der Waals surface area contributed by atoms with Crippen LogP contribution in [-0.2, 0) is 9.53 Å². The Kier molecular flexibility index (Phi) is 6.41. The number of thioether (sulfide) groups is 1. The van der Waals surface area contributed by atoms with Crippen molar-refractivity contribution in [3.05, 3.63) is 72.0 Å². The third kappa shape index (κ3) is 4.92. The van der Waals surface area contributed by atoms with Gasteiger partial charge in [-0.05, 0) is 67.6 Å². The molecule has 0 radical (unpaired) electrons. The fourth-order valence-corrected chi connectivity index (χ4v) is 3.52. The van der Waals surface area contributed by atoms with E-state index in [0.717, 1.165) is 0 Å². The van der Waals surface area contributed by atoms with Crippen molar-refractivity contribution in [1.29, 1.82) is 0 Å². The van der Waals surface area contributed by atoms with Gasteiger partial charge in [0.05, 0.1) is 17.9 Å². The summed E-state index contributed by atoms with van der Waals surface area (Å²) in [6, 6.07) is 15.9. The van der Waals surface area contributed by atoms with Gasteiger partial charge in [0.2, 0.25) is 5.91 Å². The second-order valence-corrected chi connectivity index (χ2v) is 7.60. The Balaban J connectivity index is 1.40. The molecule has 2 aromatic carbocycles. The number of carbonyl (C=O) groups excluding carboxylic acids is 2. The van der Waals surface area contributed by atoms with Gasteiger partial charge in [0.25, 0.3) is 0 Å². The van der Waals surface area contributed by atoms with Gasteiger partial charge >= 0.3 is 5.97 Å². The first-order valence-electron chi connectivity index (χ1n) is 9.71. The molecule has 32 heavy (non-hydrogen) atoms. The molecule has 2 heterocycles. The number of aromatic nitrogens is 4. The highest BCUT2D eigenvalue weighted by Gasteiger charge is 2.12. The maximum Gasteiger partial charge on any atom is 0.338 e. The van der Waals surface area contributed by atoms with E-state index >= 15 is 0 Å². The summed E-state index contributed by atoms with van der Waals surface area (Å²) >= 11 is 1.25. The normalized spacial score (nSPS) is 10.8. The van der Waals surface area contributed by atoms with Crippen LogP contribution in [0.1, 0.15) is 17.3 Å². The number of benzene rings is 2. The Morgan fingerprint density at radius 2 is 1.78 bits per heavy atom. The van der Waals surface area contributed by atoms with E-state index in [9.17, 15) is 14.0 Å². The number of hydrogen-bond donors (Lipinski definition) is 1. The van der Waals surface area contributed by atoms with Crippen LogP contribution in [0.4, 0.5) is 10.1 Å². The molecule has 0 saturated carbocycles. The molecular weight excluding hydrogens is 433 g/mol. The third-order valence-corrected chi connectivity index (χ3v) is 5.29. The molecule has 162 valence electrons. The molecule has 0 saturated heterocycles. The van der Waals surface area contributed by atoms with Crippen LogP contribution in [0.3, 0.4) is 0 Å². The average molecular weight is 451 g/mol. The lowest BCUT2D eigenvalue weighted by Crippen LogP contribution is -2.14. The first-order chi connectivity index (χ1) is 15.5. The quantitative estimate of drug-likeness (QED) is 0.337. The SMILES string of the molecule is CCOC(=O)c1ccc(NC(=O)CSc2ccc3nnc(-c4ccc(F)cc4)n3n2)cc1. The molecule has 10 heteroatoms. The molecule has 0 spiro atoms. The van der Waals surface area contributed by atoms with Crippen LogP contribution in [0, 0.1) is 5.82 Å². The largest absolute Gasteiger partial charge is 0.462 e. The molecule has 0 atom stereocenters. The van der Waals surface area contributed by atoms with E-state index < -0.39 is 5.97 Å². The van der Waals surface area contributed by atoms with Crippen molar-refractivity contribution in [3.8, 4) is 11.4 Å². The minimum absolute atomic E-state index is 0.131. The number of rotatable bonds is 7. The van der Waals surface area contributed by atoms with E-state index in [1.165, 1.54) is 23.9 Å². The van der Waals surface area contributed by atoms with Crippen LogP contribution in [-0.4, -0.2) is 44.0 Å². The fourth-order valence-electron chi connectivity index (χ4n) is 2.87. The second-order valence-electron chi connectivity index (χ2n) is 6.61. The molecule has 2 aromatic heterocycles. The van der Waals surface area contributed by atoms with Gasteiger partial charge in [-0.3, -0.25) is 4.79 Å². The maximum absolute atomic E-state index is 13.2. The molecule has 0 bridgehead atoms. The maximum atomic E-state index is 13.2. The van der Waals surface area contributed by atoms with Crippen LogP contribution in [0.15, 0.2) is 65.7 Å². The molecule has 0 aliphatic carbocycles. The summed E-state index contributed by atoms with van der Waals surface area (Å²) in [5, 5.41) is 16.1. The van der Waals surface area contributed by atoms with Gasteiger partial charge in [-0.1, -0.05) is 11.8 Å². The zero-order valence-corrected chi connectivity index (χ0v) is 17.8. The average Bonchev–Trinajstić information content (AvgIpc) is 3.22. The number of anilines is 1. The Hall–Kier alpha value is -3.79. The van der Waals surface area contributed by atoms with Gasteiger partial charge in [0, 0.05) is 11.3 Å². The number of hydrogen-bond acceptors (Lipinski definition) is 7. The van der Waals surface area contributed by atoms with Crippen molar-refractivity contribution < 1.29 is 18.7 Å². The lowest BCUT2D eigenvalue weighted by Gasteiger charge is -2.07. The summed E-state index contributed by atoms with van der Waals surface area (Å²) in [5.74, 6) is -0.354. The van der Waals surface area contributed by atoms with Crippen molar-refractivity contribution in [3.63, 3.8) is 0 Å². The van der Waals surface area contributed by atoms with E-state index in [4.69, 9.17) is 4.74 Å². The number of amides is 1. The molecule has 1 amide bonds. The smallest absolute Gasteiger partial charge is 0.338 e. The molecule has 0 unspecified atom stereocenters. The number of nitrogens with one attached hydrogen (secondary N) is 1. The Morgan fingerprint density at radius 1 is 1.03 bits per heavy atom. The zero-order chi connectivity index (χ0) is 22.5. The summed E-state index contributed by atoms with van der Waals surface area (Å²) in [6.07, 6.45) is 0. The summed E-state index contributed by atoms with van der Waals surface area (Å²) in [5.41, 5.74) is 2.21. The lowest BCUT2D eigenvalue weighted by atomic mass is 10.2. The monoisotopic (exact) mass is 451 g/mol. The first-order valence-corrected chi connectivity index (χ1v) is 10.7. The second kappa shape index (κ2) is 9.56. The van der Waals surface area contributed by atoms with Gasteiger partial charge in [0.1, 0.15) is 10.8 Å². The minimum Gasteiger partial charge on any atom is -0.462 e. The highest BCUT2D eigenvalue weighted by molar-refractivity contribution is 7.99. The van der Waals surface area contributed by atoms with Crippen molar-refractivity contribution in [2.45, 2.75) is 11.9 Å². The molecule has 0 aliphatic heterocycles. The summed E-state index contributed by atoms with van der Waals surface area (Å²) in [7, 11) is 0. The van der Waals surface area contributed by atoms with E-state index in [0.29, 0.717) is 39.9 Å². The first kappa shape index (κ1) is 21.4. The van der Waals surface area contributed by atoms with Gasteiger partial charge in [-0.2, -0.15) is 9.61 Å². The zero-order valence-electron chi connectivity index (χ0n) is 17.0. The number of nitrogens with zero attached hydrogens (tertiary/aromatic N) is 4. The van der Waals surface area contributed by atoms with Gasteiger partial charge in [-0.15, -0.1) is 10.2 Å². The fraction of sp³-hybridized carbons (Fsp3) is 0.136. The van der Waals surface area contributed by atoms with E-state index in [-0.39, 0.29) is 17.5 Å². The van der Waals surface area contributed by atoms with Crippen molar-refractivity contribution in [2.75, 3.05) is 17.7 Å². The molecule has 1 N–H and O–H groups in total. The standard InChI is InChI=1S/C22H18FN5O3S/c1-2-31-22(30)15-5-9-17(10-6-15)24-19(29)13-32-20-12-11-18-25-26-21(28(18)27-20)14-3-7-16(23)8-4-14/h3-12H,2,13H2,1H3,(H,24,29). The third-order valence-electron chi connectivity index (χ3n) is 4.37. The van der Waals surface area contributed by atoms with Crippen molar-refractivity contribution in [2.24, 2.45) is 0 Å². The van der Waals surface area contributed by atoms with E-state index in [1.54, 1.807) is 60.0 Å². The Bertz CT molecular complexity index is 1260. The number of ether oxygens (including phenoxy) is 1. The number of carbonyl (C=O) groups is 2. The van der Waals surface area contributed by atoms with E-state index in [1.807, 2.05) is 0 Å². The highest BCUT2D eigenvalue weighted by atomic mass is 32.2. The van der Waals surface area contributed by atoms with Gasteiger partial charge < -0.3 is 10.1 Å². The highest BCUT2D eigenvalue weighted by Crippen LogP contribution is 2.21. The van der Waals surface area contributed by atoms with E-state index in [2.05, 4.69) is 20.6 Å². The number of esters is 1. The predicted molar refractivity (Wildman–Crippen MR) is 118 cm³/mol. The van der Waals surface area contributed by atoms with Crippen LogP contribution in [0.5, 0.6) is 0 Å². The number of halogens is 1. The van der Waals surface area contributed by atoms with Gasteiger partial charge in [-0.25, -0.2) is 9.18 Å². The molecule has 0 aliphatic rings. The van der Waals surface area contributed by atoms with Gasteiger partial charge in [0.15, 0.2) is 11.5 Å². The van der Waals surface area contributed by atoms with Crippen LogP contribution >= 0.6 is 11.8 Å². The molecule has 8 nitrogen and oxygen atoms in total. The molecular formula is C22H18FN5O3S. The van der Waals surface area contributed by atoms with Crippen molar-refractivity contribution in [1.82, 2.24) is 19.8 Å². The summed E-state index contributed by atoms with van der Waals surface area (Å²) < 4.78 is 19.7. The Labute approximate surface area is 186 Å². The lowest BCUT2D eigenvalue weighted by molar-refractivity contribution is -0.113. The Morgan fingerprint density at radius 3 is 2.50 bits per heavy atom. The topological polar surface area (TPSA) is 98.5 Å². The number of fused-ring (bicyclic) bond motifs is 1. The van der Waals surface area contributed by atoms with Crippen molar-refractivity contribution >= 4 is 35.0 Å². The molecule has 4 aromatic rings. The summed E-state index contributed by atoms with van der Waals surface area (Å²) in [4.78, 5) is 24.0. The summed E-state index contributed by atoms with van der Waals surface area (Å²) in [6.45, 7) is 2.04. The molecule has 4 rings (SSSR count). The molecule has 0 fully saturated rings. The van der Waals surface area contributed by atoms with Crippen LogP contribution in [0.2, 0.25) is 0 Å². The van der Waals surface area contributed by atoms with Crippen LogP contribution < -0.4 is 5.32 Å².